The lowest BCUT2D eigenvalue weighted by atomic mass is 10.0. The molecule has 0 spiro atoms. The lowest BCUT2D eigenvalue weighted by molar-refractivity contribution is 0.220. The van der Waals surface area contributed by atoms with Crippen LogP contribution in [0.4, 0.5) is 4.39 Å². The van der Waals surface area contributed by atoms with Gasteiger partial charge in [0.15, 0.2) is 0 Å². The third-order valence-electron chi connectivity index (χ3n) is 2.35. The Morgan fingerprint density at radius 2 is 1.69 bits per heavy atom. The molecule has 16 heavy (non-hydrogen) atoms. The van der Waals surface area contributed by atoms with E-state index in [4.69, 9.17) is 0 Å². The van der Waals surface area contributed by atoms with Crippen molar-refractivity contribution in [1.29, 1.82) is 0 Å². The summed E-state index contributed by atoms with van der Waals surface area (Å²) in [6, 6.07) is 13.3. The van der Waals surface area contributed by atoms with Crippen LogP contribution < -0.4 is 0 Å². The van der Waals surface area contributed by atoms with Gasteiger partial charge in [-0.15, -0.1) is 0 Å². The molecule has 0 saturated heterocycles. The van der Waals surface area contributed by atoms with Crippen molar-refractivity contribution >= 4 is 15.9 Å². The fraction of sp³-hybridized carbons (Fsp3) is 0.0769. The highest BCUT2D eigenvalue weighted by Crippen LogP contribution is 2.24. The summed E-state index contributed by atoms with van der Waals surface area (Å²) in [5.41, 5.74) is 1.46. The SMILES string of the molecule is O[C@@H](c1ccc(F)cc1)c1cccc(Br)c1. The molecule has 0 radical (unpaired) electrons. The summed E-state index contributed by atoms with van der Waals surface area (Å²) < 4.78 is 13.6. The summed E-state index contributed by atoms with van der Waals surface area (Å²) in [5.74, 6) is -0.301. The van der Waals surface area contributed by atoms with E-state index in [0.717, 1.165) is 10.0 Å². The van der Waals surface area contributed by atoms with E-state index in [1.54, 1.807) is 12.1 Å². The van der Waals surface area contributed by atoms with Crippen LogP contribution in [0.5, 0.6) is 0 Å². The molecule has 1 nitrogen and oxygen atoms in total. The molecule has 0 aliphatic rings. The molecular formula is C13H10BrFO. The van der Waals surface area contributed by atoms with Gasteiger partial charge in [0.1, 0.15) is 11.9 Å². The summed E-state index contributed by atoms with van der Waals surface area (Å²) in [5, 5.41) is 10.1. The fourth-order valence-electron chi connectivity index (χ4n) is 1.51. The zero-order valence-corrected chi connectivity index (χ0v) is 9.99. The maximum Gasteiger partial charge on any atom is 0.123 e. The topological polar surface area (TPSA) is 20.2 Å². The minimum absolute atomic E-state index is 0.301. The van der Waals surface area contributed by atoms with Crippen molar-refractivity contribution in [3.63, 3.8) is 0 Å². The molecule has 2 rings (SSSR count). The lowest BCUT2D eigenvalue weighted by Gasteiger charge is -2.11. The minimum Gasteiger partial charge on any atom is -0.384 e. The molecule has 2 aromatic rings. The summed E-state index contributed by atoms with van der Waals surface area (Å²) >= 11 is 3.34. The number of benzene rings is 2. The first-order valence-corrected chi connectivity index (χ1v) is 5.65. The van der Waals surface area contributed by atoms with E-state index in [2.05, 4.69) is 15.9 Å². The van der Waals surface area contributed by atoms with Crippen LogP contribution in [0.2, 0.25) is 0 Å². The van der Waals surface area contributed by atoms with Crippen LogP contribution in [0.3, 0.4) is 0 Å². The van der Waals surface area contributed by atoms with Gasteiger partial charge in [0.25, 0.3) is 0 Å². The first kappa shape index (κ1) is 11.3. The van der Waals surface area contributed by atoms with Crippen LogP contribution >= 0.6 is 15.9 Å². The van der Waals surface area contributed by atoms with Gasteiger partial charge in [-0.3, -0.25) is 0 Å². The van der Waals surface area contributed by atoms with Gasteiger partial charge in [0, 0.05) is 4.47 Å². The van der Waals surface area contributed by atoms with Crippen molar-refractivity contribution in [2.75, 3.05) is 0 Å². The molecule has 0 heterocycles. The average Bonchev–Trinajstić information content (AvgIpc) is 2.29. The maximum atomic E-state index is 12.7. The number of aliphatic hydroxyl groups excluding tert-OH is 1. The summed E-state index contributed by atoms with van der Waals surface area (Å²) in [4.78, 5) is 0. The first-order chi connectivity index (χ1) is 7.66. The van der Waals surface area contributed by atoms with E-state index in [0.29, 0.717) is 5.56 Å². The van der Waals surface area contributed by atoms with Crippen LogP contribution in [-0.4, -0.2) is 5.11 Å². The Balaban J connectivity index is 2.31. The second kappa shape index (κ2) is 4.76. The molecule has 0 fully saturated rings. The second-order valence-corrected chi connectivity index (χ2v) is 4.42. The smallest absolute Gasteiger partial charge is 0.123 e. The number of hydrogen-bond acceptors (Lipinski definition) is 1. The lowest BCUT2D eigenvalue weighted by Crippen LogP contribution is -1.99. The average molecular weight is 281 g/mol. The van der Waals surface area contributed by atoms with E-state index in [1.807, 2.05) is 24.3 Å². The van der Waals surface area contributed by atoms with Crippen LogP contribution in [-0.2, 0) is 0 Å². The molecule has 3 heteroatoms. The normalized spacial score (nSPS) is 12.4. The Morgan fingerprint density at radius 3 is 2.31 bits per heavy atom. The zero-order chi connectivity index (χ0) is 11.5. The van der Waals surface area contributed by atoms with E-state index in [9.17, 15) is 9.50 Å². The number of rotatable bonds is 2. The van der Waals surface area contributed by atoms with Gasteiger partial charge < -0.3 is 5.11 Å². The van der Waals surface area contributed by atoms with Gasteiger partial charge in [-0.05, 0) is 35.4 Å². The molecule has 82 valence electrons. The van der Waals surface area contributed by atoms with E-state index >= 15 is 0 Å². The van der Waals surface area contributed by atoms with Crippen LogP contribution in [0, 0.1) is 5.82 Å². The predicted octanol–water partition coefficient (Wildman–Crippen LogP) is 3.67. The van der Waals surface area contributed by atoms with Crippen LogP contribution in [0.25, 0.3) is 0 Å². The standard InChI is InChI=1S/C13H10BrFO/c14-11-3-1-2-10(8-11)13(16)9-4-6-12(15)7-5-9/h1-8,13,16H/t13-/m0/s1. The van der Waals surface area contributed by atoms with Crippen LogP contribution in [0.15, 0.2) is 53.0 Å². The predicted molar refractivity (Wildman–Crippen MR) is 64.6 cm³/mol. The van der Waals surface area contributed by atoms with Crippen molar-refractivity contribution in [3.05, 3.63) is 69.9 Å². The van der Waals surface area contributed by atoms with E-state index in [-0.39, 0.29) is 5.82 Å². The molecular weight excluding hydrogens is 271 g/mol. The number of aliphatic hydroxyl groups is 1. The molecule has 2 aromatic carbocycles. The van der Waals surface area contributed by atoms with E-state index in [1.165, 1.54) is 12.1 Å². The zero-order valence-electron chi connectivity index (χ0n) is 8.40. The third-order valence-corrected chi connectivity index (χ3v) is 2.84. The second-order valence-electron chi connectivity index (χ2n) is 3.51. The molecule has 1 N–H and O–H groups in total. The highest BCUT2D eigenvalue weighted by atomic mass is 79.9. The quantitative estimate of drug-likeness (QED) is 0.890. The Hall–Kier alpha value is -1.19. The summed E-state index contributed by atoms with van der Waals surface area (Å²) in [6.45, 7) is 0. The van der Waals surface area contributed by atoms with Gasteiger partial charge in [-0.1, -0.05) is 40.2 Å². The maximum absolute atomic E-state index is 12.7. The first-order valence-electron chi connectivity index (χ1n) is 4.86. The summed E-state index contributed by atoms with van der Waals surface area (Å²) in [6.07, 6.45) is -0.724. The molecule has 0 unspecified atom stereocenters. The van der Waals surface area contributed by atoms with Gasteiger partial charge in [-0.25, -0.2) is 4.39 Å². The summed E-state index contributed by atoms with van der Waals surface area (Å²) in [7, 11) is 0. The molecule has 0 bridgehead atoms. The van der Waals surface area contributed by atoms with Gasteiger partial charge in [0.2, 0.25) is 0 Å². The van der Waals surface area contributed by atoms with Crippen LogP contribution in [0.1, 0.15) is 17.2 Å². The highest BCUT2D eigenvalue weighted by Gasteiger charge is 2.10. The van der Waals surface area contributed by atoms with Crippen molar-refractivity contribution in [2.45, 2.75) is 6.10 Å². The van der Waals surface area contributed by atoms with Gasteiger partial charge in [-0.2, -0.15) is 0 Å². The van der Waals surface area contributed by atoms with Crippen molar-refractivity contribution in [2.24, 2.45) is 0 Å². The number of hydrogen-bond donors (Lipinski definition) is 1. The molecule has 0 saturated carbocycles. The Bertz CT molecular complexity index is 482. The largest absolute Gasteiger partial charge is 0.384 e. The van der Waals surface area contributed by atoms with Gasteiger partial charge in [0.05, 0.1) is 0 Å². The van der Waals surface area contributed by atoms with Crippen molar-refractivity contribution in [1.82, 2.24) is 0 Å². The van der Waals surface area contributed by atoms with Crippen molar-refractivity contribution in [3.8, 4) is 0 Å². The van der Waals surface area contributed by atoms with E-state index < -0.39 is 6.10 Å². The Morgan fingerprint density at radius 1 is 1.00 bits per heavy atom. The number of halogens is 2. The van der Waals surface area contributed by atoms with Crippen molar-refractivity contribution < 1.29 is 9.50 Å². The molecule has 0 aromatic heterocycles. The highest BCUT2D eigenvalue weighted by molar-refractivity contribution is 9.10. The van der Waals surface area contributed by atoms with Gasteiger partial charge >= 0.3 is 0 Å². The molecule has 1 atom stereocenters. The third kappa shape index (κ3) is 2.49. The minimum atomic E-state index is -0.724. The molecule has 0 aliphatic heterocycles. The molecule has 0 aliphatic carbocycles. The Kier molecular flexibility index (Phi) is 3.36. The monoisotopic (exact) mass is 280 g/mol. The molecule has 0 amide bonds. The Labute approximate surface area is 102 Å². The fourth-order valence-corrected chi connectivity index (χ4v) is 1.93.